The van der Waals surface area contributed by atoms with Crippen LogP contribution >= 0.6 is 0 Å². The van der Waals surface area contributed by atoms with E-state index in [0.717, 1.165) is 42.9 Å². The number of hydrogen-bond donors (Lipinski definition) is 0. The molecule has 1 saturated heterocycles. The molecule has 3 aromatic rings. The highest BCUT2D eigenvalue weighted by Gasteiger charge is 2.29. The van der Waals surface area contributed by atoms with Gasteiger partial charge in [0.05, 0.1) is 13.2 Å². The van der Waals surface area contributed by atoms with Crippen LogP contribution in [0.3, 0.4) is 0 Å². The van der Waals surface area contributed by atoms with Gasteiger partial charge in [0.25, 0.3) is 0 Å². The summed E-state index contributed by atoms with van der Waals surface area (Å²) in [5, 5.41) is 1.29. The first-order valence-electron chi connectivity index (χ1n) is 13.1. The monoisotopic (exact) mass is 552 g/mol. The summed E-state index contributed by atoms with van der Waals surface area (Å²) < 4.78 is 87.6. The molecule has 0 bridgehead atoms. The van der Waals surface area contributed by atoms with Crippen molar-refractivity contribution in [3.05, 3.63) is 76.9 Å². The lowest BCUT2D eigenvalue weighted by Gasteiger charge is -2.29. The highest BCUT2D eigenvalue weighted by atomic mass is 19.4. The lowest BCUT2D eigenvalue weighted by Crippen LogP contribution is -2.32. The molecule has 0 aromatic heterocycles. The molecule has 4 rings (SSSR count). The van der Waals surface area contributed by atoms with Crippen molar-refractivity contribution < 1.29 is 40.9 Å². The van der Waals surface area contributed by atoms with Gasteiger partial charge in [-0.1, -0.05) is 36.4 Å². The summed E-state index contributed by atoms with van der Waals surface area (Å²) in [5.74, 6) is -1.28. The van der Waals surface area contributed by atoms with Gasteiger partial charge in [0.15, 0.2) is 24.5 Å². The van der Waals surface area contributed by atoms with Gasteiger partial charge in [0, 0.05) is 31.4 Å². The molecule has 0 N–H and O–H groups in total. The van der Waals surface area contributed by atoms with E-state index in [1.165, 1.54) is 12.1 Å². The van der Waals surface area contributed by atoms with E-state index in [1.54, 1.807) is 19.2 Å². The molecule has 3 aromatic carbocycles. The summed E-state index contributed by atoms with van der Waals surface area (Å²) >= 11 is 0. The molecule has 1 aliphatic rings. The Kier molecular flexibility index (Phi) is 10.2. The van der Waals surface area contributed by atoms with E-state index in [4.69, 9.17) is 14.2 Å². The van der Waals surface area contributed by atoms with Crippen LogP contribution in [-0.2, 0) is 33.5 Å². The SMILES string of the molecule is COCCCC1COC(CCc2ccc3c(F)c(CCc4ccc(OCC(F)(F)F)c(F)c4)ccc3c2)OC1. The molecular formula is C30H33F5O4. The third kappa shape index (κ3) is 8.62. The first-order valence-corrected chi connectivity index (χ1v) is 13.1. The summed E-state index contributed by atoms with van der Waals surface area (Å²) in [6, 6.07) is 13.0. The van der Waals surface area contributed by atoms with Gasteiger partial charge in [-0.3, -0.25) is 0 Å². The minimum Gasteiger partial charge on any atom is -0.481 e. The lowest BCUT2D eigenvalue weighted by molar-refractivity contribution is -0.203. The molecule has 1 heterocycles. The van der Waals surface area contributed by atoms with E-state index >= 15 is 4.39 Å². The zero-order chi connectivity index (χ0) is 27.8. The third-order valence-electron chi connectivity index (χ3n) is 6.83. The van der Waals surface area contributed by atoms with Gasteiger partial charge in [-0.15, -0.1) is 0 Å². The van der Waals surface area contributed by atoms with Gasteiger partial charge in [0.2, 0.25) is 0 Å². The zero-order valence-electron chi connectivity index (χ0n) is 21.9. The topological polar surface area (TPSA) is 36.9 Å². The van der Waals surface area contributed by atoms with E-state index in [9.17, 15) is 17.6 Å². The van der Waals surface area contributed by atoms with Crippen LogP contribution in [-0.4, -0.2) is 46.0 Å². The maximum absolute atomic E-state index is 15.2. The van der Waals surface area contributed by atoms with Crippen LogP contribution in [0, 0.1) is 17.6 Å². The molecule has 0 unspecified atom stereocenters. The Morgan fingerprint density at radius 1 is 0.872 bits per heavy atom. The normalized spacial score (nSPS) is 18.0. The summed E-state index contributed by atoms with van der Waals surface area (Å²) in [5.41, 5.74) is 2.08. The van der Waals surface area contributed by atoms with Gasteiger partial charge in [-0.05, 0) is 66.3 Å². The van der Waals surface area contributed by atoms with Crippen LogP contribution in [0.1, 0.15) is 36.0 Å². The molecule has 4 nitrogen and oxygen atoms in total. The molecule has 0 radical (unpaired) electrons. The quantitative estimate of drug-likeness (QED) is 0.176. The van der Waals surface area contributed by atoms with Crippen LogP contribution in [0.5, 0.6) is 5.75 Å². The van der Waals surface area contributed by atoms with Crippen molar-refractivity contribution in [2.24, 2.45) is 5.92 Å². The van der Waals surface area contributed by atoms with Gasteiger partial charge in [0.1, 0.15) is 5.82 Å². The van der Waals surface area contributed by atoms with Crippen LogP contribution in [0.4, 0.5) is 22.0 Å². The molecule has 0 saturated carbocycles. The first kappa shape index (κ1) is 29.2. The second-order valence-electron chi connectivity index (χ2n) is 9.90. The van der Waals surface area contributed by atoms with Crippen molar-refractivity contribution in [3.63, 3.8) is 0 Å². The summed E-state index contributed by atoms with van der Waals surface area (Å²) in [6.07, 6.45) is -0.689. The van der Waals surface area contributed by atoms with Crippen LogP contribution in [0.15, 0.2) is 48.5 Å². The summed E-state index contributed by atoms with van der Waals surface area (Å²) in [6.45, 7) is 0.543. The smallest absolute Gasteiger partial charge is 0.422 e. The fourth-order valence-electron chi connectivity index (χ4n) is 4.71. The Labute approximate surface area is 225 Å². The van der Waals surface area contributed by atoms with Crippen molar-refractivity contribution in [2.45, 2.75) is 51.0 Å². The molecule has 39 heavy (non-hydrogen) atoms. The largest absolute Gasteiger partial charge is 0.481 e. The minimum atomic E-state index is -4.55. The highest BCUT2D eigenvalue weighted by Crippen LogP contribution is 2.27. The minimum absolute atomic E-state index is 0.242. The Balaban J connectivity index is 1.29. The van der Waals surface area contributed by atoms with Gasteiger partial charge >= 0.3 is 6.18 Å². The van der Waals surface area contributed by atoms with Crippen LogP contribution in [0.25, 0.3) is 10.8 Å². The van der Waals surface area contributed by atoms with E-state index in [0.29, 0.717) is 54.9 Å². The number of alkyl halides is 3. The molecule has 0 atom stereocenters. The van der Waals surface area contributed by atoms with Crippen LogP contribution < -0.4 is 4.74 Å². The van der Waals surface area contributed by atoms with Crippen molar-refractivity contribution >= 4 is 10.8 Å². The number of ether oxygens (including phenoxy) is 4. The predicted octanol–water partition coefficient (Wildman–Crippen LogP) is 7.19. The van der Waals surface area contributed by atoms with E-state index in [1.807, 2.05) is 18.2 Å². The Bertz CT molecular complexity index is 1220. The summed E-state index contributed by atoms with van der Waals surface area (Å²) in [7, 11) is 1.70. The maximum Gasteiger partial charge on any atom is 0.422 e. The number of methoxy groups -OCH3 is 1. The van der Waals surface area contributed by atoms with Crippen molar-refractivity contribution in [1.82, 2.24) is 0 Å². The molecule has 1 aliphatic heterocycles. The molecule has 1 fully saturated rings. The van der Waals surface area contributed by atoms with E-state index in [-0.39, 0.29) is 12.1 Å². The number of hydrogen-bond acceptors (Lipinski definition) is 4. The van der Waals surface area contributed by atoms with Gasteiger partial charge in [-0.25, -0.2) is 8.78 Å². The van der Waals surface area contributed by atoms with Crippen molar-refractivity contribution in [1.29, 1.82) is 0 Å². The van der Waals surface area contributed by atoms with E-state index in [2.05, 4.69) is 4.74 Å². The van der Waals surface area contributed by atoms with Gasteiger partial charge in [-0.2, -0.15) is 13.2 Å². The van der Waals surface area contributed by atoms with Crippen molar-refractivity contribution in [3.8, 4) is 5.75 Å². The van der Waals surface area contributed by atoms with Gasteiger partial charge < -0.3 is 18.9 Å². The molecule has 0 spiro atoms. The Morgan fingerprint density at radius 2 is 1.62 bits per heavy atom. The number of rotatable bonds is 12. The molecule has 9 heteroatoms. The predicted molar refractivity (Wildman–Crippen MR) is 138 cm³/mol. The van der Waals surface area contributed by atoms with Crippen LogP contribution in [0.2, 0.25) is 0 Å². The molecule has 0 aliphatic carbocycles. The third-order valence-corrected chi connectivity index (χ3v) is 6.83. The number of aryl methyl sites for hydroxylation is 3. The average Bonchev–Trinajstić information content (AvgIpc) is 2.91. The first-order chi connectivity index (χ1) is 18.7. The number of halogens is 5. The summed E-state index contributed by atoms with van der Waals surface area (Å²) in [4.78, 5) is 0. The second kappa shape index (κ2) is 13.5. The fourth-order valence-corrected chi connectivity index (χ4v) is 4.71. The zero-order valence-corrected chi connectivity index (χ0v) is 21.9. The molecule has 0 amide bonds. The number of benzene rings is 3. The molecular weight excluding hydrogens is 519 g/mol. The molecule has 212 valence electrons. The lowest BCUT2D eigenvalue weighted by atomic mass is 9.98. The Hall–Kier alpha value is -2.75. The maximum atomic E-state index is 15.2. The van der Waals surface area contributed by atoms with Crippen molar-refractivity contribution in [2.75, 3.05) is 33.5 Å². The van der Waals surface area contributed by atoms with E-state index < -0.39 is 24.3 Å². The average molecular weight is 553 g/mol. The second-order valence-corrected chi connectivity index (χ2v) is 9.90. The number of fused-ring (bicyclic) bond motifs is 1. The highest BCUT2D eigenvalue weighted by molar-refractivity contribution is 5.84. The Morgan fingerprint density at radius 3 is 2.33 bits per heavy atom. The standard InChI is InChI=1S/C30H33F5O4/c1-36-14-2-3-22-17-37-28(38-18-22)13-7-20-5-11-25-24(15-20)10-9-23(29(25)32)8-4-21-6-12-27(26(31)16-21)39-19-30(33,34)35/h5-6,9-12,15-16,22,28H,2-4,7-8,13-14,17-19H2,1H3. The fraction of sp³-hybridized carbons (Fsp3) is 0.467.